The van der Waals surface area contributed by atoms with Crippen molar-refractivity contribution in [3.05, 3.63) is 0 Å². The summed E-state index contributed by atoms with van der Waals surface area (Å²) in [5.74, 6) is 6.11. The average molecular weight is 221 g/mol. The number of amides is 2. The van der Waals surface area contributed by atoms with Crippen LogP contribution < -0.4 is 5.32 Å². The number of likely N-dealkylation sites (N-methyl/N-ethyl adjacent to an activating group) is 1. The van der Waals surface area contributed by atoms with Gasteiger partial charge in [0, 0.05) is 45.1 Å². The number of rotatable bonds is 1. The van der Waals surface area contributed by atoms with Crippen molar-refractivity contribution >= 4 is 6.03 Å². The number of nitrogens with zero attached hydrogens (tertiary/aromatic N) is 2. The minimum absolute atomic E-state index is 0.0850. The number of hydrogen-bond donors (Lipinski definition) is 1. The first kappa shape index (κ1) is 11.3. The zero-order valence-electron chi connectivity index (χ0n) is 9.83. The van der Waals surface area contributed by atoms with Gasteiger partial charge in [-0.25, -0.2) is 4.79 Å². The molecule has 1 atom stereocenters. The van der Waals surface area contributed by atoms with Crippen molar-refractivity contribution in [3.63, 3.8) is 0 Å². The molecule has 0 saturated carbocycles. The minimum Gasteiger partial charge on any atom is -0.334 e. The van der Waals surface area contributed by atoms with Gasteiger partial charge in [0.05, 0.1) is 0 Å². The lowest BCUT2D eigenvalue weighted by atomic mass is 10.0. The zero-order valence-corrected chi connectivity index (χ0v) is 9.83. The van der Waals surface area contributed by atoms with Crippen molar-refractivity contribution < 1.29 is 4.79 Å². The van der Waals surface area contributed by atoms with Crippen molar-refractivity contribution in [2.24, 2.45) is 0 Å². The average Bonchev–Trinajstić information content (AvgIpc) is 2.31. The molecule has 0 aromatic heterocycles. The van der Waals surface area contributed by atoms with Gasteiger partial charge in [-0.3, -0.25) is 0 Å². The maximum atomic E-state index is 11.9. The first-order chi connectivity index (χ1) is 7.75. The lowest BCUT2D eigenvalue weighted by Gasteiger charge is -2.33. The van der Waals surface area contributed by atoms with Crippen LogP contribution in [0.2, 0.25) is 0 Å². The summed E-state index contributed by atoms with van der Waals surface area (Å²) in [6.45, 7) is 3.61. The molecule has 88 valence electrons. The molecule has 0 aromatic rings. The van der Waals surface area contributed by atoms with E-state index in [0.717, 1.165) is 45.4 Å². The number of carbonyl (C=O) groups is 1. The van der Waals surface area contributed by atoms with Crippen LogP contribution in [-0.2, 0) is 0 Å². The van der Waals surface area contributed by atoms with Crippen molar-refractivity contribution in [1.29, 1.82) is 0 Å². The Kier molecular flexibility index (Phi) is 3.68. The summed E-state index contributed by atoms with van der Waals surface area (Å²) in [5.41, 5.74) is 0. The molecule has 16 heavy (non-hydrogen) atoms. The second kappa shape index (κ2) is 5.22. The highest BCUT2D eigenvalue weighted by Gasteiger charge is 2.21. The summed E-state index contributed by atoms with van der Waals surface area (Å²) in [7, 11) is 2.09. The van der Waals surface area contributed by atoms with E-state index in [0.29, 0.717) is 0 Å². The highest BCUT2D eigenvalue weighted by Crippen LogP contribution is 2.07. The monoisotopic (exact) mass is 221 g/mol. The highest BCUT2D eigenvalue weighted by molar-refractivity contribution is 5.74. The molecule has 0 radical (unpaired) electrons. The third-order valence-electron chi connectivity index (χ3n) is 3.21. The molecule has 1 heterocycles. The maximum Gasteiger partial charge on any atom is 0.317 e. The summed E-state index contributed by atoms with van der Waals surface area (Å²) in [6.07, 6.45) is 2.71. The van der Waals surface area contributed by atoms with E-state index in [9.17, 15) is 4.79 Å². The molecular weight excluding hydrogens is 202 g/mol. The fourth-order valence-electron chi connectivity index (χ4n) is 2.03. The van der Waals surface area contributed by atoms with Gasteiger partial charge in [-0.15, -0.1) is 11.8 Å². The Labute approximate surface area is 97.0 Å². The molecule has 2 rings (SSSR count). The fourth-order valence-corrected chi connectivity index (χ4v) is 2.03. The van der Waals surface area contributed by atoms with Gasteiger partial charge in [-0.2, -0.15) is 0 Å². The second-order valence-electron chi connectivity index (χ2n) is 4.53. The molecule has 0 bridgehead atoms. The Balaban J connectivity index is 1.77. The molecule has 1 unspecified atom stereocenters. The number of urea groups is 1. The molecule has 1 aliphatic carbocycles. The molecule has 4 nitrogen and oxygen atoms in total. The summed E-state index contributed by atoms with van der Waals surface area (Å²) in [4.78, 5) is 16.1. The van der Waals surface area contributed by atoms with Crippen LogP contribution in [0, 0.1) is 11.8 Å². The first-order valence-electron chi connectivity index (χ1n) is 5.95. The predicted molar refractivity (Wildman–Crippen MR) is 63.0 cm³/mol. The Morgan fingerprint density at radius 2 is 2.00 bits per heavy atom. The molecule has 1 saturated heterocycles. The molecule has 1 fully saturated rings. The van der Waals surface area contributed by atoms with Crippen LogP contribution >= 0.6 is 0 Å². The van der Waals surface area contributed by atoms with E-state index >= 15 is 0 Å². The van der Waals surface area contributed by atoms with Gasteiger partial charge in [0.2, 0.25) is 0 Å². The molecular formula is C12H19N3O. The molecule has 4 heteroatoms. The largest absolute Gasteiger partial charge is 0.334 e. The fraction of sp³-hybridized carbons (Fsp3) is 0.750. The standard InChI is InChI=1S/C12H19N3O/c1-14-7-9-15(10-8-14)12(16)13-11-5-3-2-4-6-11/h11H,3,5-10H2,1H3,(H,13,16). The third kappa shape index (κ3) is 2.89. The normalized spacial score (nSPS) is 25.8. The van der Waals surface area contributed by atoms with Gasteiger partial charge in [0.25, 0.3) is 0 Å². The van der Waals surface area contributed by atoms with E-state index in [4.69, 9.17) is 0 Å². The van der Waals surface area contributed by atoms with Crippen molar-refractivity contribution in [1.82, 2.24) is 15.1 Å². The van der Waals surface area contributed by atoms with Gasteiger partial charge >= 0.3 is 6.03 Å². The van der Waals surface area contributed by atoms with Crippen LogP contribution in [0.5, 0.6) is 0 Å². The Morgan fingerprint density at radius 3 is 2.62 bits per heavy atom. The zero-order chi connectivity index (χ0) is 11.4. The molecule has 2 amide bonds. The summed E-state index contributed by atoms with van der Waals surface area (Å²) in [5, 5.41) is 3.07. The molecule has 0 aromatic carbocycles. The van der Waals surface area contributed by atoms with E-state index in [-0.39, 0.29) is 12.1 Å². The molecule has 2 aliphatic rings. The summed E-state index contributed by atoms with van der Waals surface area (Å²) >= 11 is 0. The van der Waals surface area contributed by atoms with E-state index < -0.39 is 0 Å². The first-order valence-corrected chi connectivity index (χ1v) is 5.95. The highest BCUT2D eigenvalue weighted by atomic mass is 16.2. The van der Waals surface area contributed by atoms with E-state index in [1.165, 1.54) is 0 Å². The maximum absolute atomic E-state index is 11.9. The molecule has 1 aliphatic heterocycles. The van der Waals surface area contributed by atoms with Gasteiger partial charge in [-0.05, 0) is 13.5 Å². The lowest BCUT2D eigenvalue weighted by molar-refractivity contribution is 0.151. The van der Waals surface area contributed by atoms with Crippen LogP contribution in [-0.4, -0.2) is 55.1 Å². The SMILES string of the molecule is CN1CCN(C(=O)NC2CC#CCC2)CC1. The van der Waals surface area contributed by atoms with Crippen LogP contribution in [0.4, 0.5) is 4.79 Å². The second-order valence-corrected chi connectivity index (χ2v) is 4.53. The van der Waals surface area contributed by atoms with E-state index in [1.807, 2.05) is 4.90 Å². The molecule has 0 spiro atoms. The van der Waals surface area contributed by atoms with Crippen LogP contribution in [0.3, 0.4) is 0 Å². The Hall–Kier alpha value is -1.21. The van der Waals surface area contributed by atoms with Crippen molar-refractivity contribution in [2.45, 2.75) is 25.3 Å². The van der Waals surface area contributed by atoms with Crippen LogP contribution in [0.25, 0.3) is 0 Å². The number of hydrogen-bond acceptors (Lipinski definition) is 2. The number of piperazine rings is 1. The number of carbonyl (C=O) groups excluding carboxylic acids is 1. The van der Waals surface area contributed by atoms with Gasteiger partial charge < -0.3 is 15.1 Å². The smallest absolute Gasteiger partial charge is 0.317 e. The van der Waals surface area contributed by atoms with Crippen LogP contribution in [0.15, 0.2) is 0 Å². The summed E-state index contributed by atoms with van der Waals surface area (Å²) < 4.78 is 0. The molecule has 1 N–H and O–H groups in total. The Morgan fingerprint density at radius 1 is 1.25 bits per heavy atom. The minimum atomic E-state index is 0.0850. The van der Waals surface area contributed by atoms with E-state index in [1.54, 1.807) is 0 Å². The van der Waals surface area contributed by atoms with Gasteiger partial charge in [0.1, 0.15) is 0 Å². The summed E-state index contributed by atoms with van der Waals surface area (Å²) in [6, 6.07) is 0.343. The van der Waals surface area contributed by atoms with Crippen molar-refractivity contribution in [3.8, 4) is 11.8 Å². The Bertz CT molecular complexity index is 310. The van der Waals surface area contributed by atoms with Gasteiger partial charge in [0.15, 0.2) is 0 Å². The number of nitrogens with one attached hydrogen (secondary N) is 1. The topological polar surface area (TPSA) is 35.6 Å². The van der Waals surface area contributed by atoms with Gasteiger partial charge in [-0.1, -0.05) is 0 Å². The quantitative estimate of drug-likeness (QED) is 0.654. The van der Waals surface area contributed by atoms with Crippen LogP contribution in [0.1, 0.15) is 19.3 Å². The third-order valence-corrected chi connectivity index (χ3v) is 3.21. The van der Waals surface area contributed by atoms with E-state index in [2.05, 4.69) is 29.1 Å². The lowest BCUT2D eigenvalue weighted by Crippen LogP contribution is -2.52. The van der Waals surface area contributed by atoms with Crippen molar-refractivity contribution in [2.75, 3.05) is 33.2 Å². The predicted octanol–water partition coefficient (Wildman–Crippen LogP) is 0.499.